The second-order valence-corrected chi connectivity index (χ2v) is 4.84. The van der Waals surface area contributed by atoms with Gasteiger partial charge in [0, 0.05) is 6.07 Å². The van der Waals surface area contributed by atoms with E-state index < -0.39 is 11.8 Å². The molecular formula is C12H7ClN2O4S. The number of rotatable bonds is 1. The molecule has 0 bridgehead atoms. The van der Waals surface area contributed by atoms with Crippen molar-refractivity contribution in [2.24, 2.45) is 0 Å². The fourth-order valence-electron chi connectivity index (χ4n) is 1.81. The summed E-state index contributed by atoms with van der Waals surface area (Å²) in [5, 5.41) is 5.01. The number of hydrogen-bond acceptors (Lipinski definition) is 5. The number of nitrogens with one attached hydrogen (secondary N) is 2. The van der Waals surface area contributed by atoms with Crippen LogP contribution < -0.4 is 20.1 Å². The molecule has 2 heterocycles. The molecule has 8 heteroatoms. The molecule has 2 aliphatic heterocycles. The second kappa shape index (κ2) is 4.77. The molecule has 0 saturated carbocycles. The van der Waals surface area contributed by atoms with Gasteiger partial charge in [0.25, 0.3) is 11.8 Å². The first-order valence-electron chi connectivity index (χ1n) is 5.52. The number of thiocarbonyl (C=S) groups is 1. The van der Waals surface area contributed by atoms with Gasteiger partial charge in [0.1, 0.15) is 5.57 Å². The number of carbonyl (C=O) groups is 2. The Balaban J connectivity index is 2.01. The Morgan fingerprint density at radius 2 is 1.75 bits per heavy atom. The highest BCUT2D eigenvalue weighted by molar-refractivity contribution is 7.80. The Kier molecular flexibility index (Phi) is 3.07. The van der Waals surface area contributed by atoms with E-state index >= 15 is 0 Å². The topological polar surface area (TPSA) is 76.7 Å². The van der Waals surface area contributed by atoms with Gasteiger partial charge in [-0.1, -0.05) is 11.6 Å². The van der Waals surface area contributed by atoms with Gasteiger partial charge in [0.15, 0.2) is 16.6 Å². The van der Waals surface area contributed by atoms with Gasteiger partial charge >= 0.3 is 0 Å². The fraction of sp³-hybridized carbons (Fsp3) is 0.0833. The number of benzene rings is 1. The van der Waals surface area contributed by atoms with Gasteiger partial charge < -0.3 is 9.47 Å². The Hall–Kier alpha value is -2.12. The van der Waals surface area contributed by atoms with E-state index in [0.717, 1.165) is 0 Å². The lowest BCUT2D eigenvalue weighted by Gasteiger charge is -2.16. The minimum atomic E-state index is -0.576. The molecule has 20 heavy (non-hydrogen) atoms. The molecule has 6 nitrogen and oxygen atoms in total. The predicted molar refractivity (Wildman–Crippen MR) is 74.4 cm³/mol. The summed E-state index contributed by atoms with van der Waals surface area (Å²) in [6, 6.07) is 3.17. The van der Waals surface area contributed by atoms with Gasteiger partial charge in [-0.2, -0.15) is 0 Å². The summed E-state index contributed by atoms with van der Waals surface area (Å²) in [6.45, 7) is 0.112. The highest BCUT2D eigenvalue weighted by atomic mass is 35.5. The molecule has 0 radical (unpaired) electrons. The molecule has 0 atom stereocenters. The summed E-state index contributed by atoms with van der Waals surface area (Å²) in [7, 11) is 0. The first kappa shape index (κ1) is 12.9. The molecule has 1 aromatic rings. The standard InChI is InChI=1S/C12H7ClN2O4S/c13-7-3-9-8(18-4-19-9)2-5(7)1-6-10(16)14-12(20)15-11(6)17/h1-3H,4H2,(H2,14,15,16,17,20). The lowest BCUT2D eigenvalue weighted by atomic mass is 10.1. The van der Waals surface area contributed by atoms with Crippen LogP contribution in [0.25, 0.3) is 6.08 Å². The number of carbonyl (C=O) groups excluding carboxylic acids is 2. The minimum Gasteiger partial charge on any atom is -0.454 e. The van der Waals surface area contributed by atoms with Gasteiger partial charge in [0.05, 0.1) is 5.02 Å². The molecule has 102 valence electrons. The third-order valence-electron chi connectivity index (χ3n) is 2.74. The first-order valence-corrected chi connectivity index (χ1v) is 6.31. The molecule has 1 fully saturated rings. The lowest BCUT2D eigenvalue weighted by molar-refractivity contribution is -0.123. The van der Waals surface area contributed by atoms with E-state index in [2.05, 4.69) is 10.6 Å². The number of amides is 2. The van der Waals surface area contributed by atoms with E-state index in [1.54, 1.807) is 12.1 Å². The molecule has 0 aliphatic carbocycles. The van der Waals surface area contributed by atoms with Crippen molar-refractivity contribution < 1.29 is 19.1 Å². The van der Waals surface area contributed by atoms with Crippen LogP contribution in [-0.2, 0) is 9.59 Å². The molecule has 1 saturated heterocycles. The maximum Gasteiger partial charge on any atom is 0.263 e. The van der Waals surface area contributed by atoms with E-state index in [-0.39, 0.29) is 17.5 Å². The zero-order valence-corrected chi connectivity index (χ0v) is 11.4. The van der Waals surface area contributed by atoms with E-state index in [1.165, 1.54) is 6.08 Å². The van der Waals surface area contributed by atoms with Gasteiger partial charge in [-0.3, -0.25) is 20.2 Å². The average molecular weight is 311 g/mol. The van der Waals surface area contributed by atoms with Gasteiger partial charge in [0.2, 0.25) is 6.79 Å². The molecule has 2 amide bonds. The number of hydrogen-bond donors (Lipinski definition) is 2. The van der Waals surface area contributed by atoms with Crippen LogP contribution in [0.3, 0.4) is 0 Å². The first-order chi connectivity index (χ1) is 9.54. The van der Waals surface area contributed by atoms with Crippen molar-refractivity contribution in [3.05, 3.63) is 28.3 Å². The predicted octanol–water partition coefficient (Wildman–Crippen LogP) is 0.983. The maximum absolute atomic E-state index is 11.7. The smallest absolute Gasteiger partial charge is 0.263 e. The second-order valence-electron chi connectivity index (χ2n) is 4.02. The molecule has 3 rings (SSSR count). The summed E-state index contributed by atoms with van der Waals surface area (Å²) >= 11 is 10.8. The molecule has 2 aliphatic rings. The zero-order valence-electron chi connectivity index (χ0n) is 9.86. The third-order valence-corrected chi connectivity index (χ3v) is 3.27. The van der Waals surface area contributed by atoms with Gasteiger partial charge in [-0.05, 0) is 29.9 Å². The summed E-state index contributed by atoms with van der Waals surface area (Å²) in [6.07, 6.45) is 1.37. The van der Waals surface area contributed by atoms with Crippen molar-refractivity contribution in [1.82, 2.24) is 10.6 Å². The summed E-state index contributed by atoms with van der Waals surface area (Å²) in [5.74, 6) is -0.121. The largest absolute Gasteiger partial charge is 0.454 e. The molecular weight excluding hydrogens is 304 g/mol. The van der Waals surface area contributed by atoms with Crippen LogP contribution in [-0.4, -0.2) is 23.7 Å². The Labute approximate surface area is 123 Å². The van der Waals surface area contributed by atoms with Crippen LogP contribution in [0.2, 0.25) is 5.02 Å². The van der Waals surface area contributed by atoms with Crippen molar-refractivity contribution in [3.63, 3.8) is 0 Å². The van der Waals surface area contributed by atoms with Crippen LogP contribution in [0.15, 0.2) is 17.7 Å². The van der Waals surface area contributed by atoms with Crippen LogP contribution in [0, 0.1) is 0 Å². The van der Waals surface area contributed by atoms with Crippen LogP contribution in [0.5, 0.6) is 11.5 Å². The maximum atomic E-state index is 11.7. The third kappa shape index (κ3) is 2.21. The van der Waals surface area contributed by atoms with Gasteiger partial charge in [-0.25, -0.2) is 0 Å². The minimum absolute atomic E-state index is 0.0195. The van der Waals surface area contributed by atoms with E-state index in [9.17, 15) is 9.59 Å². The van der Waals surface area contributed by atoms with Crippen molar-refractivity contribution in [2.75, 3.05) is 6.79 Å². The Bertz CT molecular complexity index is 664. The van der Waals surface area contributed by atoms with E-state index in [4.69, 9.17) is 33.3 Å². The normalized spacial score (nSPS) is 16.9. The summed E-state index contributed by atoms with van der Waals surface area (Å²) < 4.78 is 10.4. The van der Waals surface area contributed by atoms with Crippen molar-refractivity contribution in [2.45, 2.75) is 0 Å². The molecule has 1 aromatic carbocycles. The average Bonchev–Trinajstić information content (AvgIpc) is 2.80. The fourth-order valence-corrected chi connectivity index (χ4v) is 2.20. The SMILES string of the molecule is O=C1NC(=S)NC(=O)C1=Cc1cc2c(cc1Cl)OCO2. The van der Waals surface area contributed by atoms with Crippen molar-refractivity contribution in [3.8, 4) is 11.5 Å². The molecule has 0 aromatic heterocycles. The lowest BCUT2D eigenvalue weighted by Crippen LogP contribution is -2.51. The number of fused-ring (bicyclic) bond motifs is 1. The molecule has 0 unspecified atom stereocenters. The monoisotopic (exact) mass is 310 g/mol. The summed E-state index contributed by atoms with van der Waals surface area (Å²) in [5.41, 5.74) is 0.392. The van der Waals surface area contributed by atoms with Crippen molar-refractivity contribution in [1.29, 1.82) is 0 Å². The molecule has 2 N–H and O–H groups in total. The highest BCUT2D eigenvalue weighted by Gasteiger charge is 2.26. The summed E-state index contributed by atoms with van der Waals surface area (Å²) in [4.78, 5) is 23.5. The Morgan fingerprint density at radius 1 is 1.15 bits per heavy atom. The van der Waals surface area contributed by atoms with Crippen LogP contribution in [0.1, 0.15) is 5.56 Å². The van der Waals surface area contributed by atoms with E-state index in [0.29, 0.717) is 22.1 Å². The number of halogens is 1. The zero-order chi connectivity index (χ0) is 14.3. The quantitative estimate of drug-likeness (QED) is 0.459. The van der Waals surface area contributed by atoms with E-state index in [1.807, 2.05) is 0 Å². The highest BCUT2D eigenvalue weighted by Crippen LogP contribution is 2.37. The molecule has 0 spiro atoms. The Morgan fingerprint density at radius 3 is 2.40 bits per heavy atom. The number of ether oxygens (including phenoxy) is 2. The van der Waals surface area contributed by atoms with Crippen LogP contribution >= 0.6 is 23.8 Å². The van der Waals surface area contributed by atoms with Gasteiger partial charge in [-0.15, -0.1) is 0 Å². The van der Waals surface area contributed by atoms with Crippen molar-refractivity contribution >= 4 is 46.8 Å². The van der Waals surface area contributed by atoms with Crippen LogP contribution in [0.4, 0.5) is 0 Å².